The maximum atomic E-state index is 12.3. The molecule has 1 aliphatic heterocycles. The molecule has 0 N–H and O–H groups in total. The van der Waals surface area contributed by atoms with Crippen LogP contribution in [0.1, 0.15) is 16.8 Å². The molecule has 0 fully saturated rings. The number of nitrogens with zero attached hydrogens (tertiary/aromatic N) is 3. The summed E-state index contributed by atoms with van der Waals surface area (Å²) < 4.78 is 5.78. The predicted octanol–water partition coefficient (Wildman–Crippen LogP) is 1.62. The van der Waals surface area contributed by atoms with Crippen LogP contribution in [0.4, 0.5) is 5.69 Å². The summed E-state index contributed by atoms with van der Waals surface area (Å²) in [6.45, 7) is 4.61. The zero-order valence-corrected chi connectivity index (χ0v) is 14.8. The van der Waals surface area contributed by atoms with Crippen LogP contribution >= 0.6 is 0 Å². The van der Waals surface area contributed by atoms with Gasteiger partial charge in [-0.15, -0.1) is 6.58 Å². The molecule has 2 amide bonds. The second-order valence-corrected chi connectivity index (χ2v) is 6.22. The minimum absolute atomic E-state index is 0.0410. The number of fused-ring (bicyclic) bond motifs is 1. The van der Waals surface area contributed by atoms with Crippen molar-refractivity contribution in [3.8, 4) is 5.75 Å². The van der Waals surface area contributed by atoms with Crippen molar-refractivity contribution in [2.75, 3.05) is 46.2 Å². The van der Waals surface area contributed by atoms with E-state index in [1.54, 1.807) is 38.2 Å². The van der Waals surface area contributed by atoms with Crippen molar-refractivity contribution in [3.05, 3.63) is 36.4 Å². The smallest absolute Gasteiger partial charge is 0.253 e. The normalized spacial score (nSPS) is 16.0. The van der Waals surface area contributed by atoms with E-state index in [0.29, 0.717) is 25.1 Å². The van der Waals surface area contributed by atoms with Gasteiger partial charge in [0.15, 0.2) is 0 Å². The van der Waals surface area contributed by atoms with Crippen molar-refractivity contribution >= 4 is 17.5 Å². The molecule has 1 aliphatic rings. The van der Waals surface area contributed by atoms with Gasteiger partial charge in [-0.3, -0.25) is 9.59 Å². The topological polar surface area (TPSA) is 53.1 Å². The quantitative estimate of drug-likeness (QED) is 0.770. The molecule has 6 heteroatoms. The first-order valence-corrected chi connectivity index (χ1v) is 7.91. The van der Waals surface area contributed by atoms with Crippen molar-refractivity contribution in [1.82, 2.24) is 9.80 Å². The van der Waals surface area contributed by atoms with Crippen molar-refractivity contribution < 1.29 is 14.3 Å². The Morgan fingerprint density at radius 2 is 2.08 bits per heavy atom. The SMILES string of the molecule is C=CCN(C)C(=O)C[C@H]1COc2ccc(C(=O)N(C)C)cc2N1C. The molecule has 0 bridgehead atoms. The van der Waals surface area contributed by atoms with Gasteiger partial charge in [-0.2, -0.15) is 0 Å². The lowest BCUT2D eigenvalue weighted by Gasteiger charge is -2.36. The zero-order chi connectivity index (χ0) is 17.9. The third kappa shape index (κ3) is 3.69. The number of ether oxygens (including phenoxy) is 1. The van der Waals surface area contributed by atoms with E-state index in [4.69, 9.17) is 4.74 Å². The first-order valence-electron chi connectivity index (χ1n) is 7.91. The molecule has 1 aromatic rings. The molecule has 0 radical (unpaired) electrons. The second kappa shape index (κ2) is 7.38. The van der Waals surface area contributed by atoms with E-state index in [9.17, 15) is 9.59 Å². The van der Waals surface area contributed by atoms with Crippen LogP contribution in [-0.4, -0.2) is 69.0 Å². The van der Waals surface area contributed by atoms with E-state index in [2.05, 4.69) is 6.58 Å². The van der Waals surface area contributed by atoms with Gasteiger partial charge in [0, 0.05) is 40.3 Å². The minimum atomic E-state index is -0.0676. The Bertz CT molecular complexity index is 642. The highest BCUT2D eigenvalue weighted by atomic mass is 16.5. The molecule has 2 rings (SSSR count). The van der Waals surface area contributed by atoms with Gasteiger partial charge in [-0.1, -0.05) is 6.08 Å². The Balaban J connectivity index is 2.17. The van der Waals surface area contributed by atoms with Gasteiger partial charge >= 0.3 is 0 Å². The number of carbonyl (C=O) groups excluding carboxylic acids is 2. The molecular weight excluding hydrogens is 306 g/mol. The van der Waals surface area contributed by atoms with Crippen LogP contribution < -0.4 is 9.64 Å². The largest absolute Gasteiger partial charge is 0.489 e. The molecule has 0 aliphatic carbocycles. The third-order valence-corrected chi connectivity index (χ3v) is 4.21. The summed E-state index contributed by atoms with van der Waals surface area (Å²) in [5, 5.41) is 0. The molecular formula is C18H25N3O3. The summed E-state index contributed by atoms with van der Waals surface area (Å²) in [4.78, 5) is 29.6. The van der Waals surface area contributed by atoms with Gasteiger partial charge in [0.2, 0.25) is 5.91 Å². The molecule has 0 saturated carbocycles. The molecule has 1 aromatic carbocycles. The second-order valence-electron chi connectivity index (χ2n) is 6.22. The van der Waals surface area contributed by atoms with Crippen LogP contribution in [0.5, 0.6) is 5.75 Å². The standard InChI is InChI=1S/C18H25N3O3/c1-6-9-20(4)17(22)11-14-12-24-16-8-7-13(18(23)19(2)3)10-15(16)21(14)5/h6-8,10,14H,1,9,11-12H2,2-5H3/t14-/m0/s1. The average Bonchev–Trinajstić information content (AvgIpc) is 2.56. The highest BCUT2D eigenvalue weighted by molar-refractivity contribution is 5.95. The molecule has 24 heavy (non-hydrogen) atoms. The number of amides is 2. The fraction of sp³-hybridized carbons (Fsp3) is 0.444. The van der Waals surface area contributed by atoms with Crippen LogP contribution in [0.2, 0.25) is 0 Å². The summed E-state index contributed by atoms with van der Waals surface area (Å²) >= 11 is 0. The molecule has 0 aromatic heterocycles. The fourth-order valence-electron chi connectivity index (χ4n) is 2.65. The third-order valence-electron chi connectivity index (χ3n) is 4.21. The van der Waals surface area contributed by atoms with Crippen LogP contribution in [0, 0.1) is 0 Å². The number of hydrogen-bond acceptors (Lipinski definition) is 4. The monoisotopic (exact) mass is 331 g/mol. The van der Waals surface area contributed by atoms with E-state index in [1.807, 2.05) is 24.1 Å². The van der Waals surface area contributed by atoms with Gasteiger partial charge in [-0.05, 0) is 18.2 Å². The number of anilines is 1. The number of benzene rings is 1. The van der Waals surface area contributed by atoms with Crippen molar-refractivity contribution in [3.63, 3.8) is 0 Å². The Kier molecular flexibility index (Phi) is 5.49. The van der Waals surface area contributed by atoms with E-state index >= 15 is 0 Å². The summed E-state index contributed by atoms with van der Waals surface area (Å²) in [6.07, 6.45) is 2.06. The highest BCUT2D eigenvalue weighted by Gasteiger charge is 2.28. The first-order chi connectivity index (χ1) is 11.3. The molecule has 0 spiro atoms. The van der Waals surface area contributed by atoms with E-state index in [-0.39, 0.29) is 17.9 Å². The Labute approximate surface area is 143 Å². The number of carbonyl (C=O) groups is 2. The van der Waals surface area contributed by atoms with Crippen LogP contribution in [0.15, 0.2) is 30.9 Å². The van der Waals surface area contributed by atoms with Crippen LogP contribution in [0.3, 0.4) is 0 Å². The first kappa shape index (κ1) is 17.8. The maximum absolute atomic E-state index is 12.3. The van der Waals surface area contributed by atoms with Gasteiger partial charge < -0.3 is 19.4 Å². The number of likely N-dealkylation sites (N-methyl/N-ethyl adjacent to an activating group) is 2. The Morgan fingerprint density at radius 1 is 1.38 bits per heavy atom. The molecule has 0 saturated heterocycles. The minimum Gasteiger partial charge on any atom is -0.489 e. The van der Waals surface area contributed by atoms with Crippen LogP contribution in [0.25, 0.3) is 0 Å². The molecule has 6 nitrogen and oxygen atoms in total. The highest BCUT2D eigenvalue weighted by Crippen LogP contribution is 2.34. The summed E-state index contributed by atoms with van der Waals surface area (Å²) in [5.74, 6) is 0.713. The lowest BCUT2D eigenvalue weighted by Crippen LogP contribution is -2.44. The maximum Gasteiger partial charge on any atom is 0.253 e. The van der Waals surface area contributed by atoms with Gasteiger partial charge in [-0.25, -0.2) is 0 Å². The van der Waals surface area contributed by atoms with Crippen LogP contribution in [-0.2, 0) is 4.79 Å². The van der Waals surface area contributed by atoms with Crippen molar-refractivity contribution in [2.45, 2.75) is 12.5 Å². The predicted molar refractivity (Wildman–Crippen MR) is 94.6 cm³/mol. The molecule has 0 unspecified atom stereocenters. The fourth-order valence-corrected chi connectivity index (χ4v) is 2.65. The van der Waals surface area contributed by atoms with Crippen molar-refractivity contribution in [2.24, 2.45) is 0 Å². The van der Waals surface area contributed by atoms with E-state index in [0.717, 1.165) is 11.4 Å². The Hall–Kier alpha value is -2.50. The van der Waals surface area contributed by atoms with Gasteiger partial charge in [0.25, 0.3) is 5.91 Å². The van der Waals surface area contributed by atoms with Crippen molar-refractivity contribution in [1.29, 1.82) is 0 Å². The average molecular weight is 331 g/mol. The number of hydrogen-bond donors (Lipinski definition) is 0. The molecule has 1 heterocycles. The van der Waals surface area contributed by atoms with E-state index < -0.39 is 0 Å². The lowest BCUT2D eigenvalue weighted by atomic mass is 10.1. The summed E-state index contributed by atoms with van der Waals surface area (Å²) in [7, 11) is 7.13. The lowest BCUT2D eigenvalue weighted by molar-refractivity contribution is -0.130. The van der Waals surface area contributed by atoms with Gasteiger partial charge in [0.05, 0.1) is 18.2 Å². The zero-order valence-electron chi connectivity index (χ0n) is 14.8. The summed E-state index contributed by atoms with van der Waals surface area (Å²) in [6, 6.07) is 5.33. The molecule has 1 atom stereocenters. The molecule has 130 valence electrons. The van der Waals surface area contributed by atoms with E-state index in [1.165, 1.54) is 4.90 Å². The summed E-state index contributed by atoms with van der Waals surface area (Å²) in [5.41, 5.74) is 1.43. The van der Waals surface area contributed by atoms with Gasteiger partial charge in [0.1, 0.15) is 12.4 Å². The Morgan fingerprint density at radius 3 is 2.71 bits per heavy atom. The number of rotatable bonds is 5.